The van der Waals surface area contributed by atoms with Crippen LogP contribution >= 0.6 is 0 Å². The van der Waals surface area contributed by atoms with Gasteiger partial charge in [-0.3, -0.25) is 14.7 Å². The zero-order valence-corrected chi connectivity index (χ0v) is 18.0. The van der Waals surface area contributed by atoms with Gasteiger partial charge in [0, 0.05) is 43.3 Å². The maximum absolute atomic E-state index is 13.1. The Balaban J connectivity index is 1.46. The van der Waals surface area contributed by atoms with E-state index in [0.717, 1.165) is 41.0 Å². The molecule has 0 saturated carbocycles. The molecule has 0 unspecified atom stereocenters. The van der Waals surface area contributed by atoms with Gasteiger partial charge in [0.25, 0.3) is 5.91 Å². The van der Waals surface area contributed by atoms with Gasteiger partial charge in [-0.05, 0) is 52.2 Å². The first kappa shape index (κ1) is 20.1. The number of pyridine rings is 1. The number of carbonyl (C=O) groups excluding carboxylic acids is 2. The Hall–Kier alpha value is -3.16. The normalized spacial score (nSPS) is 19.3. The zero-order valence-electron chi connectivity index (χ0n) is 18.0. The number of nitrogens with zero attached hydrogens (tertiary/aromatic N) is 4. The van der Waals surface area contributed by atoms with E-state index < -0.39 is 5.41 Å². The van der Waals surface area contributed by atoms with Crippen molar-refractivity contribution in [1.82, 2.24) is 29.8 Å². The molecule has 0 radical (unpaired) electrons. The van der Waals surface area contributed by atoms with Crippen molar-refractivity contribution in [2.45, 2.75) is 47.1 Å². The summed E-state index contributed by atoms with van der Waals surface area (Å²) in [5, 5.41) is 10.2. The van der Waals surface area contributed by atoms with E-state index in [1.54, 1.807) is 11.1 Å². The van der Waals surface area contributed by atoms with E-state index in [1.165, 1.54) is 0 Å². The van der Waals surface area contributed by atoms with Crippen LogP contribution in [0.5, 0.6) is 0 Å². The smallest absolute Gasteiger partial charge is 0.274 e. The minimum absolute atomic E-state index is 0.0365. The molecule has 1 aliphatic rings. The monoisotopic (exact) mass is 408 g/mol. The van der Waals surface area contributed by atoms with E-state index in [4.69, 9.17) is 0 Å². The van der Waals surface area contributed by atoms with E-state index in [2.05, 4.69) is 20.5 Å². The van der Waals surface area contributed by atoms with Crippen molar-refractivity contribution in [3.63, 3.8) is 0 Å². The highest BCUT2D eigenvalue weighted by Gasteiger charge is 2.39. The number of amides is 2. The maximum atomic E-state index is 13.1. The molecule has 4 rings (SSSR count). The topological polar surface area (TPSA) is 95.4 Å². The lowest BCUT2D eigenvalue weighted by molar-refractivity contribution is -0.132. The quantitative estimate of drug-likeness (QED) is 0.693. The number of piperidine rings is 1. The molecule has 4 heterocycles. The highest BCUT2D eigenvalue weighted by molar-refractivity contribution is 5.94. The van der Waals surface area contributed by atoms with Gasteiger partial charge in [0.1, 0.15) is 11.3 Å². The molecule has 2 N–H and O–H groups in total. The minimum atomic E-state index is -0.630. The summed E-state index contributed by atoms with van der Waals surface area (Å²) in [5.74, 6) is -0.165. The van der Waals surface area contributed by atoms with Gasteiger partial charge in [-0.15, -0.1) is 0 Å². The largest absolute Gasteiger partial charge is 0.351 e. The molecule has 8 heteroatoms. The van der Waals surface area contributed by atoms with Crippen molar-refractivity contribution in [3.8, 4) is 0 Å². The first-order chi connectivity index (χ1) is 14.3. The average molecular weight is 409 g/mol. The van der Waals surface area contributed by atoms with Crippen molar-refractivity contribution in [1.29, 1.82) is 0 Å². The highest BCUT2D eigenvalue weighted by atomic mass is 16.2. The Kier molecular flexibility index (Phi) is 5.09. The number of likely N-dealkylation sites (tertiary alicyclic amines) is 1. The van der Waals surface area contributed by atoms with Gasteiger partial charge in [0.15, 0.2) is 0 Å². The van der Waals surface area contributed by atoms with Crippen molar-refractivity contribution in [2.24, 2.45) is 5.41 Å². The molecule has 1 aliphatic heterocycles. The van der Waals surface area contributed by atoms with Crippen LogP contribution in [0.3, 0.4) is 0 Å². The molecule has 158 valence electrons. The number of hydrogen-bond acceptors (Lipinski definition) is 4. The number of nitrogens with one attached hydrogen (secondary N) is 2. The molecular weight excluding hydrogens is 380 g/mol. The number of hydrogen-bond donors (Lipinski definition) is 2. The number of carbonyl (C=O) groups is 2. The van der Waals surface area contributed by atoms with Gasteiger partial charge < -0.3 is 14.6 Å². The zero-order chi connectivity index (χ0) is 21.5. The Bertz CT molecular complexity index is 1090. The third-order valence-corrected chi connectivity index (χ3v) is 6.06. The third-order valence-electron chi connectivity index (χ3n) is 6.06. The molecule has 1 atom stereocenters. The number of H-pyrrole nitrogens is 1. The van der Waals surface area contributed by atoms with E-state index >= 15 is 0 Å². The second-order valence-electron chi connectivity index (χ2n) is 8.58. The van der Waals surface area contributed by atoms with Crippen LogP contribution in [-0.4, -0.2) is 49.4 Å². The number of aryl methyl sites for hydroxylation is 3. The van der Waals surface area contributed by atoms with Gasteiger partial charge in [0.05, 0.1) is 11.1 Å². The van der Waals surface area contributed by atoms with Gasteiger partial charge in [0.2, 0.25) is 5.91 Å². The first-order valence-electron chi connectivity index (χ1n) is 10.3. The molecule has 0 aromatic carbocycles. The van der Waals surface area contributed by atoms with Crippen molar-refractivity contribution < 1.29 is 9.59 Å². The van der Waals surface area contributed by atoms with Crippen LogP contribution in [0.2, 0.25) is 0 Å². The summed E-state index contributed by atoms with van der Waals surface area (Å²) in [4.78, 5) is 32.4. The lowest BCUT2D eigenvalue weighted by atomic mass is 9.80. The fourth-order valence-electron chi connectivity index (χ4n) is 4.18. The number of fused-ring (bicyclic) bond motifs is 1. The summed E-state index contributed by atoms with van der Waals surface area (Å²) in [5.41, 5.74) is 4.48. The predicted octanol–water partition coefficient (Wildman–Crippen LogP) is 2.54. The van der Waals surface area contributed by atoms with E-state index in [-0.39, 0.29) is 11.8 Å². The summed E-state index contributed by atoms with van der Waals surface area (Å²) in [7, 11) is 0. The molecule has 8 nitrogen and oxygen atoms in total. The maximum Gasteiger partial charge on any atom is 0.274 e. The van der Waals surface area contributed by atoms with Crippen LogP contribution in [-0.2, 0) is 11.3 Å². The summed E-state index contributed by atoms with van der Waals surface area (Å²) in [6.45, 7) is 9.25. The van der Waals surface area contributed by atoms with Crippen LogP contribution < -0.4 is 5.32 Å². The summed E-state index contributed by atoms with van der Waals surface area (Å²) < 4.78 is 1.87. The molecule has 0 spiro atoms. The first-order valence-corrected chi connectivity index (χ1v) is 10.3. The Morgan fingerprint density at radius 2 is 2.03 bits per heavy atom. The van der Waals surface area contributed by atoms with Crippen LogP contribution in [0.25, 0.3) is 5.65 Å². The SMILES string of the molecule is Cc1ccc2nc(C(=O)N3CCC[C@](C)(C(=O)NCc4c(C)n[nH]c4C)C3)cn2c1. The Morgan fingerprint density at radius 1 is 1.23 bits per heavy atom. The second kappa shape index (κ2) is 7.59. The van der Waals surface area contributed by atoms with Crippen molar-refractivity contribution >= 4 is 17.5 Å². The van der Waals surface area contributed by atoms with E-state index in [9.17, 15) is 9.59 Å². The van der Waals surface area contributed by atoms with Crippen LogP contribution in [0.4, 0.5) is 0 Å². The van der Waals surface area contributed by atoms with Crippen LogP contribution in [0.15, 0.2) is 24.5 Å². The number of aromatic nitrogens is 4. The van der Waals surface area contributed by atoms with Gasteiger partial charge >= 0.3 is 0 Å². The summed E-state index contributed by atoms with van der Waals surface area (Å²) >= 11 is 0. The average Bonchev–Trinajstić information content (AvgIpc) is 3.28. The minimum Gasteiger partial charge on any atom is -0.351 e. The van der Waals surface area contributed by atoms with E-state index in [0.29, 0.717) is 25.3 Å². The van der Waals surface area contributed by atoms with Crippen LogP contribution in [0, 0.1) is 26.2 Å². The van der Waals surface area contributed by atoms with Crippen LogP contribution in [0.1, 0.15) is 52.8 Å². The standard InChI is InChI=1S/C22H28N6O2/c1-14-6-7-19-24-18(12-28(19)11-14)20(29)27-9-5-8-22(4,13-27)21(30)23-10-17-15(2)25-26-16(17)3/h6-7,11-12H,5,8-10,13H2,1-4H3,(H,23,30)(H,25,26)/t22-/m0/s1. The third kappa shape index (κ3) is 3.69. The lowest BCUT2D eigenvalue weighted by Crippen LogP contribution is -2.51. The fraction of sp³-hybridized carbons (Fsp3) is 0.455. The molecule has 3 aromatic rings. The Morgan fingerprint density at radius 3 is 2.77 bits per heavy atom. The molecular formula is C22H28N6O2. The number of rotatable bonds is 4. The number of aromatic amines is 1. The molecule has 1 saturated heterocycles. The predicted molar refractivity (Wildman–Crippen MR) is 113 cm³/mol. The van der Waals surface area contributed by atoms with Gasteiger partial charge in [-0.2, -0.15) is 5.10 Å². The molecule has 3 aromatic heterocycles. The van der Waals surface area contributed by atoms with Gasteiger partial charge in [-0.25, -0.2) is 4.98 Å². The lowest BCUT2D eigenvalue weighted by Gasteiger charge is -2.39. The Labute approximate surface area is 175 Å². The molecule has 2 amide bonds. The molecule has 30 heavy (non-hydrogen) atoms. The fourth-order valence-corrected chi connectivity index (χ4v) is 4.18. The number of imidazole rings is 1. The van der Waals surface area contributed by atoms with E-state index in [1.807, 2.05) is 50.4 Å². The molecule has 1 fully saturated rings. The van der Waals surface area contributed by atoms with Crippen molar-refractivity contribution in [2.75, 3.05) is 13.1 Å². The molecule has 0 bridgehead atoms. The second-order valence-corrected chi connectivity index (χ2v) is 8.58. The summed E-state index contributed by atoms with van der Waals surface area (Å²) in [6, 6.07) is 3.88. The van der Waals surface area contributed by atoms with Gasteiger partial charge in [-0.1, -0.05) is 6.07 Å². The summed E-state index contributed by atoms with van der Waals surface area (Å²) in [6.07, 6.45) is 5.25. The molecule has 0 aliphatic carbocycles. The highest BCUT2D eigenvalue weighted by Crippen LogP contribution is 2.31. The van der Waals surface area contributed by atoms with Crippen molar-refractivity contribution in [3.05, 3.63) is 52.7 Å².